The van der Waals surface area contributed by atoms with Gasteiger partial charge in [-0.15, -0.1) is 0 Å². The Morgan fingerprint density at radius 3 is 2.28 bits per heavy atom. The minimum Gasteiger partial charge on any atom is -0.352 e. The molecule has 1 N–H and O–H groups in total. The second-order valence-corrected chi connectivity index (χ2v) is 9.51. The first-order chi connectivity index (χ1) is 13.6. The van der Waals surface area contributed by atoms with E-state index in [0.717, 1.165) is 42.1 Å². The van der Waals surface area contributed by atoms with E-state index in [9.17, 15) is 26.4 Å². The van der Waals surface area contributed by atoms with Gasteiger partial charge in [-0.25, -0.2) is 8.42 Å². The molecule has 1 saturated heterocycles. The highest BCUT2D eigenvalue weighted by Gasteiger charge is 2.40. The average molecular weight is 433 g/mol. The minimum atomic E-state index is -4.75. The van der Waals surface area contributed by atoms with Crippen LogP contribution >= 0.6 is 0 Å². The van der Waals surface area contributed by atoms with Gasteiger partial charge in [-0.2, -0.15) is 17.5 Å². The molecule has 0 bridgehead atoms. The van der Waals surface area contributed by atoms with Gasteiger partial charge < -0.3 is 5.32 Å². The molecule has 1 aromatic rings. The molecule has 0 radical (unpaired) electrons. The van der Waals surface area contributed by atoms with Gasteiger partial charge in [-0.1, -0.05) is 25.0 Å². The number of amides is 1. The quantitative estimate of drug-likeness (QED) is 0.775. The van der Waals surface area contributed by atoms with Crippen LogP contribution in [-0.4, -0.2) is 61.8 Å². The summed E-state index contributed by atoms with van der Waals surface area (Å²) in [5, 5.41) is 3.03. The van der Waals surface area contributed by atoms with Gasteiger partial charge in [-0.05, 0) is 31.9 Å². The highest BCUT2D eigenvalue weighted by atomic mass is 32.2. The summed E-state index contributed by atoms with van der Waals surface area (Å²) in [6, 6.07) is 4.01. The number of halogens is 3. The van der Waals surface area contributed by atoms with E-state index in [1.807, 2.05) is 4.90 Å². The van der Waals surface area contributed by atoms with Crippen molar-refractivity contribution in [2.45, 2.75) is 55.8 Å². The normalized spacial score (nSPS) is 21.2. The predicted octanol–water partition coefficient (Wildman–Crippen LogP) is 2.46. The lowest BCUT2D eigenvalue weighted by atomic mass is 10.2. The van der Waals surface area contributed by atoms with Crippen LogP contribution in [0.4, 0.5) is 13.2 Å². The Morgan fingerprint density at radius 2 is 1.69 bits per heavy atom. The first kappa shape index (κ1) is 22.0. The van der Waals surface area contributed by atoms with E-state index >= 15 is 0 Å². The van der Waals surface area contributed by atoms with E-state index in [1.54, 1.807) is 6.92 Å². The summed E-state index contributed by atoms with van der Waals surface area (Å²) in [7, 11) is -4.28. The molecule has 0 aromatic heterocycles. The molecule has 0 spiro atoms. The highest BCUT2D eigenvalue weighted by molar-refractivity contribution is 7.89. The number of alkyl halides is 3. The zero-order valence-electron chi connectivity index (χ0n) is 16.3. The van der Waals surface area contributed by atoms with E-state index in [4.69, 9.17) is 0 Å². The third-order valence-corrected chi connectivity index (χ3v) is 7.67. The van der Waals surface area contributed by atoms with Crippen molar-refractivity contribution in [3.05, 3.63) is 29.8 Å². The van der Waals surface area contributed by atoms with E-state index in [1.165, 1.54) is 12.1 Å². The van der Waals surface area contributed by atoms with Crippen molar-refractivity contribution in [2.75, 3.05) is 26.2 Å². The summed E-state index contributed by atoms with van der Waals surface area (Å²) in [4.78, 5) is 13.6. The van der Waals surface area contributed by atoms with E-state index in [0.29, 0.717) is 0 Å². The Kier molecular flexibility index (Phi) is 6.54. The average Bonchev–Trinajstić information content (AvgIpc) is 3.20. The first-order valence-electron chi connectivity index (χ1n) is 9.81. The largest absolute Gasteiger partial charge is 0.417 e. The highest BCUT2D eigenvalue weighted by Crippen LogP contribution is 2.35. The number of nitrogens with zero attached hydrogens (tertiary/aromatic N) is 2. The topological polar surface area (TPSA) is 69.7 Å². The molecule has 10 heteroatoms. The van der Waals surface area contributed by atoms with Crippen LogP contribution in [0.5, 0.6) is 0 Å². The number of carbonyl (C=O) groups is 1. The minimum absolute atomic E-state index is 0.0373. The number of rotatable bonds is 5. The lowest BCUT2D eigenvalue weighted by Gasteiger charge is -2.37. The molecule has 1 saturated carbocycles. The number of carbonyl (C=O) groups excluding carboxylic acids is 1. The van der Waals surface area contributed by atoms with Crippen molar-refractivity contribution in [3.63, 3.8) is 0 Å². The molecular formula is C19H26F3N3O3S. The van der Waals surface area contributed by atoms with Crippen molar-refractivity contribution < 1.29 is 26.4 Å². The smallest absolute Gasteiger partial charge is 0.352 e. The van der Waals surface area contributed by atoms with Gasteiger partial charge in [0.1, 0.15) is 0 Å². The van der Waals surface area contributed by atoms with Crippen molar-refractivity contribution >= 4 is 15.9 Å². The van der Waals surface area contributed by atoms with Gasteiger partial charge in [0.25, 0.3) is 0 Å². The molecule has 1 heterocycles. The van der Waals surface area contributed by atoms with Crippen LogP contribution in [0.15, 0.2) is 29.2 Å². The van der Waals surface area contributed by atoms with Crippen molar-refractivity contribution in [3.8, 4) is 0 Å². The van der Waals surface area contributed by atoms with Gasteiger partial charge in [-0.3, -0.25) is 9.69 Å². The molecule has 1 aromatic carbocycles. The van der Waals surface area contributed by atoms with Gasteiger partial charge >= 0.3 is 6.18 Å². The maximum Gasteiger partial charge on any atom is 0.417 e. The summed E-state index contributed by atoms with van der Waals surface area (Å²) in [5.74, 6) is -0.0874. The maximum atomic E-state index is 13.2. The monoisotopic (exact) mass is 433 g/mol. The molecule has 3 rings (SSSR count). The fourth-order valence-electron chi connectivity index (χ4n) is 3.95. The van der Waals surface area contributed by atoms with Crippen LogP contribution < -0.4 is 5.32 Å². The Labute approximate surface area is 169 Å². The van der Waals surface area contributed by atoms with Crippen molar-refractivity contribution in [1.29, 1.82) is 0 Å². The number of benzene rings is 1. The fourth-order valence-corrected chi connectivity index (χ4v) is 5.59. The van der Waals surface area contributed by atoms with Crippen molar-refractivity contribution in [2.24, 2.45) is 0 Å². The van der Waals surface area contributed by atoms with Gasteiger partial charge in [0.05, 0.1) is 16.5 Å². The standard InChI is InChI=1S/C19H26F3N3O3S/c1-14(18(26)23-15-6-2-3-7-15)24-10-12-25(13-11-24)29(27,28)17-9-5-4-8-16(17)19(20,21)22/h4-5,8-9,14-15H,2-3,6-7,10-13H2,1H3,(H,23,26)/t14-/m0/s1. The second-order valence-electron chi connectivity index (χ2n) is 7.60. The first-order valence-corrected chi connectivity index (χ1v) is 11.3. The molecule has 29 heavy (non-hydrogen) atoms. The third-order valence-electron chi connectivity index (χ3n) is 5.71. The molecule has 2 fully saturated rings. The molecule has 2 aliphatic rings. The SMILES string of the molecule is C[C@@H](C(=O)NC1CCCC1)N1CCN(S(=O)(=O)c2ccccc2C(F)(F)F)CC1. The molecular weight excluding hydrogens is 407 g/mol. The summed E-state index contributed by atoms with van der Waals surface area (Å²) >= 11 is 0. The molecule has 1 aliphatic heterocycles. The van der Waals surface area contributed by atoms with Crippen LogP contribution in [0, 0.1) is 0 Å². The third kappa shape index (κ3) is 4.92. The summed E-state index contributed by atoms with van der Waals surface area (Å²) in [6.07, 6.45) is -0.588. The molecule has 6 nitrogen and oxygen atoms in total. The predicted molar refractivity (Wildman–Crippen MR) is 102 cm³/mol. The Hall–Kier alpha value is -1.65. The molecule has 162 valence electrons. The van der Waals surface area contributed by atoms with Crippen LogP contribution in [-0.2, 0) is 21.0 Å². The maximum absolute atomic E-state index is 13.2. The van der Waals surface area contributed by atoms with Crippen LogP contribution in [0.1, 0.15) is 38.2 Å². The van der Waals surface area contributed by atoms with Crippen LogP contribution in [0.2, 0.25) is 0 Å². The fraction of sp³-hybridized carbons (Fsp3) is 0.632. The molecule has 1 aliphatic carbocycles. The number of sulfonamides is 1. The van der Waals surface area contributed by atoms with Gasteiger partial charge in [0.2, 0.25) is 15.9 Å². The van der Waals surface area contributed by atoms with Crippen LogP contribution in [0.25, 0.3) is 0 Å². The lowest BCUT2D eigenvalue weighted by Crippen LogP contribution is -2.55. The number of hydrogen-bond donors (Lipinski definition) is 1. The van der Waals surface area contributed by atoms with Gasteiger partial charge in [0, 0.05) is 32.2 Å². The number of hydrogen-bond acceptors (Lipinski definition) is 4. The van der Waals surface area contributed by atoms with Crippen LogP contribution in [0.3, 0.4) is 0 Å². The zero-order valence-corrected chi connectivity index (χ0v) is 17.1. The number of nitrogens with one attached hydrogen (secondary N) is 1. The Balaban J connectivity index is 1.65. The van der Waals surface area contributed by atoms with Crippen molar-refractivity contribution in [1.82, 2.24) is 14.5 Å². The molecule has 1 amide bonds. The van der Waals surface area contributed by atoms with Gasteiger partial charge in [0.15, 0.2) is 0 Å². The lowest BCUT2D eigenvalue weighted by molar-refractivity contribution is -0.140. The van der Waals surface area contributed by atoms with E-state index in [-0.39, 0.29) is 38.1 Å². The second kappa shape index (κ2) is 8.61. The van der Waals surface area contributed by atoms with E-state index in [2.05, 4.69) is 5.32 Å². The zero-order chi connectivity index (χ0) is 21.2. The summed E-state index contributed by atoms with van der Waals surface area (Å²) in [6.45, 7) is 2.41. The Morgan fingerprint density at radius 1 is 1.10 bits per heavy atom. The number of piperazine rings is 1. The Bertz CT molecular complexity index is 831. The van der Waals surface area contributed by atoms with E-state index < -0.39 is 32.7 Å². The molecule has 0 unspecified atom stereocenters. The molecule has 1 atom stereocenters. The summed E-state index contributed by atoms with van der Waals surface area (Å²) in [5.41, 5.74) is -1.16. The summed E-state index contributed by atoms with van der Waals surface area (Å²) < 4.78 is 66.4.